The van der Waals surface area contributed by atoms with Crippen LogP contribution in [0.5, 0.6) is 0 Å². The normalized spacial score (nSPS) is 12.6. The predicted octanol–water partition coefficient (Wildman–Crippen LogP) is 4.61. The van der Waals surface area contributed by atoms with Crippen LogP contribution in [0.25, 0.3) is 0 Å². The van der Waals surface area contributed by atoms with Gasteiger partial charge in [-0.15, -0.1) is 0 Å². The van der Waals surface area contributed by atoms with Crippen LogP contribution >= 0.6 is 11.6 Å². The Hall–Kier alpha value is -2.35. The first-order valence-corrected chi connectivity index (χ1v) is 7.85. The molecule has 1 heterocycles. The molecule has 2 aromatic rings. The van der Waals surface area contributed by atoms with E-state index in [4.69, 9.17) is 11.6 Å². The summed E-state index contributed by atoms with van der Waals surface area (Å²) in [6.07, 6.45) is -1.08. The van der Waals surface area contributed by atoms with Crippen LogP contribution in [-0.2, 0) is 6.18 Å². The Morgan fingerprint density at radius 1 is 1.28 bits per heavy atom. The lowest BCUT2D eigenvalue weighted by Gasteiger charge is -2.12. The molecule has 25 heavy (non-hydrogen) atoms. The quantitative estimate of drug-likeness (QED) is 0.804. The van der Waals surface area contributed by atoms with Crippen molar-refractivity contribution in [2.24, 2.45) is 0 Å². The highest BCUT2D eigenvalue weighted by atomic mass is 35.5. The van der Waals surface area contributed by atoms with Gasteiger partial charge in [-0.1, -0.05) is 18.5 Å². The van der Waals surface area contributed by atoms with Crippen molar-refractivity contribution in [3.05, 3.63) is 46.7 Å². The molecule has 2 rings (SSSR count). The smallest absolute Gasteiger partial charge is 0.352 e. The Kier molecular flexibility index (Phi) is 5.84. The second-order valence-electron chi connectivity index (χ2n) is 5.40. The van der Waals surface area contributed by atoms with E-state index < -0.39 is 17.6 Å². The number of carbonyl (C=O) groups excluding carboxylic acids is 1. The van der Waals surface area contributed by atoms with Crippen molar-refractivity contribution >= 4 is 29.1 Å². The van der Waals surface area contributed by atoms with E-state index in [0.717, 1.165) is 24.6 Å². The maximum Gasteiger partial charge on any atom is 0.416 e. The van der Waals surface area contributed by atoms with E-state index in [0.29, 0.717) is 5.95 Å². The van der Waals surface area contributed by atoms with Crippen LogP contribution in [-0.4, -0.2) is 21.9 Å². The number of nitrogens with one attached hydrogen (secondary N) is 2. The molecular formula is C16H16ClF3N4O. The van der Waals surface area contributed by atoms with E-state index >= 15 is 0 Å². The predicted molar refractivity (Wildman–Crippen MR) is 89.8 cm³/mol. The van der Waals surface area contributed by atoms with E-state index in [1.165, 1.54) is 12.4 Å². The number of hydrogen-bond donors (Lipinski definition) is 2. The number of benzene rings is 1. The number of aromatic nitrogens is 2. The molecule has 1 aromatic carbocycles. The molecule has 1 atom stereocenters. The summed E-state index contributed by atoms with van der Waals surface area (Å²) in [6, 6.07) is 2.87. The van der Waals surface area contributed by atoms with Crippen molar-refractivity contribution in [2.45, 2.75) is 32.5 Å². The fourth-order valence-corrected chi connectivity index (χ4v) is 2.00. The van der Waals surface area contributed by atoms with Crippen molar-refractivity contribution in [1.82, 2.24) is 9.97 Å². The summed E-state index contributed by atoms with van der Waals surface area (Å²) < 4.78 is 38.3. The van der Waals surface area contributed by atoms with Gasteiger partial charge >= 0.3 is 6.18 Å². The summed E-state index contributed by atoms with van der Waals surface area (Å²) in [4.78, 5) is 20.2. The Balaban J connectivity index is 2.14. The van der Waals surface area contributed by atoms with Gasteiger partial charge in [0.1, 0.15) is 0 Å². The van der Waals surface area contributed by atoms with E-state index in [1.54, 1.807) is 0 Å². The monoisotopic (exact) mass is 372 g/mol. The van der Waals surface area contributed by atoms with Crippen LogP contribution in [0.2, 0.25) is 5.02 Å². The van der Waals surface area contributed by atoms with Crippen LogP contribution in [0.1, 0.15) is 36.2 Å². The summed E-state index contributed by atoms with van der Waals surface area (Å²) in [7, 11) is 0. The maximum absolute atomic E-state index is 12.8. The summed E-state index contributed by atoms with van der Waals surface area (Å²) in [5.41, 5.74) is -0.942. The van der Waals surface area contributed by atoms with Gasteiger partial charge in [0.25, 0.3) is 5.91 Å². The highest BCUT2D eigenvalue weighted by molar-refractivity contribution is 6.34. The molecule has 0 radical (unpaired) electrons. The first-order valence-electron chi connectivity index (χ1n) is 7.47. The van der Waals surface area contributed by atoms with Gasteiger partial charge in [-0.05, 0) is 31.5 Å². The summed E-state index contributed by atoms with van der Waals surface area (Å²) in [5.74, 6) is -0.292. The van der Waals surface area contributed by atoms with Crippen molar-refractivity contribution in [1.29, 1.82) is 0 Å². The maximum atomic E-state index is 12.8. The van der Waals surface area contributed by atoms with Gasteiger partial charge < -0.3 is 10.6 Å². The lowest BCUT2D eigenvalue weighted by atomic mass is 10.2. The molecule has 0 saturated carbocycles. The summed E-state index contributed by atoms with van der Waals surface area (Å²) in [6.45, 7) is 3.96. The van der Waals surface area contributed by atoms with E-state index in [1.807, 2.05) is 13.8 Å². The molecular weight excluding hydrogens is 357 g/mol. The number of hydrogen-bond acceptors (Lipinski definition) is 4. The van der Waals surface area contributed by atoms with E-state index in [9.17, 15) is 18.0 Å². The second kappa shape index (κ2) is 7.69. The Morgan fingerprint density at radius 3 is 2.48 bits per heavy atom. The largest absolute Gasteiger partial charge is 0.416 e. The van der Waals surface area contributed by atoms with Crippen molar-refractivity contribution in [3.63, 3.8) is 0 Å². The van der Waals surface area contributed by atoms with Gasteiger partial charge in [0.2, 0.25) is 5.95 Å². The molecule has 1 amide bonds. The number of anilines is 2. The number of carbonyl (C=O) groups is 1. The number of halogens is 4. The zero-order valence-electron chi connectivity index (χ0n) is 13.5. The molecule has 0 fully saturated rings. The van der Waals surface area contributed by atoms with Crippen LogP contribution < -0.4 is 10.6 Å². The van der Waals surface area contributed by atoms with Crippen LogP contribution in [0, 0.1) is 0 Å². The molecule has 0 aliphatic rings. The SMILES string of the molecule is CCC(C)Nc1ncc(C(=O)Nc2cc(C(F)(F)F)ccc2Cl)cn1. The Labute approximate surface area is 147 Å². The number of amides is 1. The average molecular weight is 373 g/mol. The van der Waals surface area contributed by atoms with Crippen LogP contribution in [0.3, 0.4) is 0 Å². The first kappa shape index (κ1) is 19.0. The van der Waals surface area contributed by atoms with Crippen LogP contribution in [0.15, 0.2) is 30.6 Å². The van der Waals surface area contributed by atoms with E-state index in [2.05, 4.69) is 20.6 Å². The second-order valence-corrected chi connectivity index (χ2v) is 5.80. The zero-order valence-corrected chi connectivity index (χ0v) is 14.2. The lowest BCUT2D eigenvalue weighted by molar-refractivity contribution is -0.137. The number of rotatable bonds is 5. The third kappa shape index (κ3) is 5.06. The highest BCUT2D eigenvalue weighted by Crippen LogP contribution is 2.33. The molecule has 0 aliphatic heterocycles. The summed E-state index contributed by atoms with van der Waals surface area (Å²) >= 11 is 5.85. The minimum absolute atomic E-state index is 0.00248. The molecule has 2 N–H and O–H groups in total. The molecule has 5 nitrogen and oxygen atoms in total. The first-order chi connectivity index (χ1) is 11.7. The van der Waals surface area contributed by atoms with Gasteiger partial charge in [0.15, 0.2) is 0 Å². The number of alkyl halides is 3. The third-order valence-electron chi connectivity index (χ3n) is 3.44. The van der Waals surface area contributed by atoms with Gasteiger partial charge in [-0.25, -0.2) is 9.97 Å². The summed E-state index contributed by atoms with van der Waals surface area (Å²) in [5, 5.41) is 5.38. The molecule has 9 heteroatoms. The molecule has 1 aromatic heterocycles. The van der Waals surface area contributed by atoms with E-state index in [-0.39, 0.29) is 22.3 Å². The molecule has 0 aliphatic carbocycles. The highest BCUT2D eigenvalue weighted by Gasteiger charge is 2.31. The molecule has 0 spiro atoms. The van der Waals surface area contributed by atoms with Crippen molar-refractivity contribution in [3.8, 4) is 0 Å². The third-order valence-corrected chi connectivity index (χ3v) is 3.77. The van der Waals surface area contributed by atoms with Gasteiger partial charge in [0, 0.05) is 18.4 Å². The molecule has 0 saturated heterocycles. The standard InChI is InChI=1S/C16H16ClF3N4O/c1-3-9(2)23-15-21-7-10(8-22-15)14(25)24-13-6-11(16(18,19)20)4-5-12(13)17/h4-9H,3H2,1-2H3,(H,24,25)(H,21,22,23). The minimum Gasteiger partial charge on any atom is -0.352 e. The van der Waals surface area contributed by atoms with Gasteiger partial charge in [-0.2, -0.15) is 13.2 Å². The van der Waals surface area contributed by atoms with Crippen LogP contribution in [0.4, 0.5) is 24.8 Å². The average Bonchev–Trinajstić information content (AvgIpc) is 2.56. The van der Waals surface area contributed by atoms with Crippen molar-refractivity contribution < 1.29 is 18.0 Å². The zero-order chi connectivity index (χ0) is 18.6. The molecule has 0 bridgehead atoms. The minimum atomic E-state index is -4.53. The molecule has 134 valence electrons. The van der Waals surface area contributed by atoms with Gasteiger partial charge in [-0.3, -0.25) is 4.79 Å². The Morgan fingerprint density at radius 2 is 1.92 bits per heavy atom. The van der Waals surface area contributed by atoms with Gasteiger partial charge in [0.05, 0.1) is 21.8 Å². The topological polar surface area (TPSA) is 66.9 Å². The lowest BCUT2D eigenvalue weighted by Crippen LogP contribution is -2.17. The number of nitrogens with zero attached hydrogens (tertiary/aromatic N) is 2. The fraction of sp³-hybridized carbons (Fsp3) is 0.312. The molecule has 1 unspecified atom stereocenters. The van der Waals surface area contributed by atoms with Crippen molar-refractivity contribution in [2.75, 3.05) is 10.6 Å². The fourth-order valence-electron chi connectivity index (χ4n) is 1.83. The Bertz CT molecular complexity index is 750.